The number of halogens is 1. The molecule has 5 heteroatoms. The summed E-state index contributed by atoms with van der Waals surface area (Å²) in [6.07, 6.45) is 0. The van der Waals surface area contributed by atoms with Gasteiger partial charge in [0.1, 0.15) is 0 Å². The standard InChI is InChI=1S/C18H21BrN2OS/c1-12-4-6-13(7-5-12)14-10-21(11-15(14)20(2)3)18(22)16-8-9-17(19)23-16/h4-9,14-15H,10-11H2,1-3H3. The van der Waals surface area contributed by atoms with Gasteiger partial charge in [0.15, 0.2) is 0 Å². The van der Waals surface area contributed by atoms with Crippen molar-refractivity contribution in [2.45, 2.75) is 18.9 Å². The number of carbonyl (C=O) groups is 1. The molecule has 0 radical (unpaired) electrons. The minimum Gasteiger partial charge on any atom is -0.336 e. The van der Waals surface area contributed by atoms with Gasteiger partial charge in [0.05, 0.1) is 8.66 Å². The highest BCUT2D eigenvalue weighted by atomic mass is 79.9. The largest absolute Gasteiger partial charge is 0.336 e. The van der Waals surface area contributed by atoms with E-state index >= 15 is 0 Å². The fraction of sp³-hybridized carbons (Fsp3) is 0.389. The topological polar surface area (TPSA) is 23.6 Å². The molecule has 3 rings (SSSR count). The van der Waals surface area contributed by atoms with E-state index in [1.807, 2.05) is 17.0 Å². The third-order valence-corrected chi connectivity index (χ3v) is 6.14. The van der Waals surface area contributed by atoms with E-state index < -0.39 is 0 Å². The molecule has 1 aliphatic rings. The molecule has 1 aromatic heterocycles. The summed E-state index contributed by atoms with van der Waals surface area (Å²) in [5.41, 5.74) is 2.58. The Morgan fingerprint density at radius 3 is 2.43 bits per heavy atom. The minimum absolute atomic E-state index is 0.141. The van der Waals surface area contributed by atoms with Crippen LogP contribution < -0.4 is 0 Å². The smallest absolute Gasteiger partial charge is 0.264 e. The summed E-state index contributed by atoms with van der Waals surface area (Å²) in [4.78, 5) is 17.8. The Labute approximate surface area is 150 Å². The maximum Gasteiger partial charge on any atom is 0.264 e. The van der Waals surface area contributed by atoms with Crippen LogP contribution in [-0.4, -0.2) is 48.9 Å². The van der Waals surface area contributed by atoms with E-state index in [2.05, 4.69) is 66.1 Å². The van der Waals surface area contributed by atoms with E-state index in [1.165, 1.54) is 22.5 Å². The summed E-state index contributed by atoms with van der Waals surface area (Å²) in [5, 5.41) is 0. The summed E-state index contributed by atoms with van der Waals surface area (Å²) in [6, 6.07) is 12.9. The lowest BCUT2D eigenvalue weighted by Crippen LogP contribution is -2.35. The number of thiophene rings is 1. The molecule has 2 atom stereocenters. The van der Waals surface area contributed by atoms with Crippen molar-refractivity contribution in [3.05, 3.63) is 56.2 Å². The number of aryl methyl sites for hydroxylation is 1. The van der Waals surface area contributed by atoms with Crippen LogP contribution in [0.5, 0.6) is 0 Å². The molecule has 0 spiro atoms. The first-order valence-electron chi connectivity index (χ1n) is 7.73. The SMILES string of the molecule is Cc1ccc(C2CN(C(=O)c3ccc(Br)s3)CC2N(C)C)cc1. The monoisotopic (exact) mass is 392 g/mol. The number of likely N-dealkylation sites (tertiary alicyclic amines) is 1. The highest BCUT2D eigenvalue weighted by Crippen LogP contribution is 2.32. The molecule has 0 N–H and O–H groups in total. The zero-order valence-electron chi connectivity index (χ0n) is 13.6. The van der Waals surface area contributed by atoms with Crippen LogP contribution in [0.3, 0.4) is 0 Å². The summed E-state index contributed by atoms with van der Waals surface area (Å²) in [5.74, 6) is 0.500. The van der Waals surface area contributed by atoms with Crippen LogP contribution >= 0.6 is 27.3 Å². The van der Waals surface area contributed by atoms with Crippen molar-refractivity contribution in [1.29, 1.82) is 0 Å². The number of hydrogen-bond acceptors (Lipinski definition) is 3. The maximum absolute atomic E-state index is 12.8. The van der Waals surface area contributed by atoms with E-state index in [-0.39, 0.29) is 5.91 Å². The molecule has 0 bridgehead atoms. The van der Waals surface area contributed by atoms with Crippen LogP contribution in [0.25, 0.3) is 0 Å². The second-order valence-corrected chi connectivity index (χ2v) is 8.83. The van der Waals surface area contributed by atoms with Crippen molar-refractivity contribution < 1.29 is 4.79 Å². The predicted octanol–water partition coefficient (Wildman–Crippen LogP) is 3.99. The second kappa shape index (κ2) is 6.75. The number of nitrogens with zero attached hydrogens (tertiary/aromatic N) is 2. The highest BCUT2D eigenvalue weighted by Gasteiger charge is 2.37. The summed E-state index contributed by atoms with van der Waals surface area (Å²) >= 11 is 4.94. The van der Waals surface area contributed by atoms with Gasteiger partial charge in [0, 0.05) is 25.0 Å². The van der Waals surface area contributed by atoms with Crippen molar-refractivity contribution in [3.8, 4) is 0 Å². The maximum atomic E-state index is 12.8. The summed E-state index contributed by atoms with van der Waals surface area (Å²) < 4.78 is 0.999. The molecule has 0 saturated carbocycles. The Morgan fingerprint density at radius 1 is 1.17 bits per heavy atom. The number of carbonyl (C=O) groups excluding carboxylic acids is 1. The zero-order valence-corrected chi connectivity index (χ0v) is 16.0. The quantitative estimate of drug-likeness (QED) is 0.788. The molecule has 122 valence electrons. The van der Waals surface area contributed by atoms with Crippen LogP contribution in [0.4, 0.5) is 0 Å². The Balaban J connectivity index is 1.83. The van der Waals surface area contributed by atoms with Crippen molar-refractivity contribution >= 4 is 33.2 Å². The molecule has 1 amide bonds. The van der Waals surface area contributed by atoms with Gasteiger partial charge in [-0.1, -0.05) is 29.8 Å². The second-order valence-electron chi connectivity index (χ2n) is 6.36. The van der Waals surface area contributed by atoms with Crippen LogP contribution in [0.2, 0.25) is 0 Å². The first kappa shape index (κ1) is 16.7. The van der Waals surface area contributed by atoms with Crippen LogP contribution in [-0.2, 0) is 0 Å². The Morgan fingerprint density at radius 2 is 1.87 bits per heavy atom. The lowest BCUT2D eigenvalue weighted by Gasteiger charge is -2.25. The third kappa shape index (κ3) is 3.52. The van der Waals surface area contributed by atoms with Gasteiger partial charge >= 0.3 is 0 Å². The van der Waals surface area contributed by atoms with Crippen molar-refractivity contribution in [1.82, 2.24) is 9.80 Å². The van der Waals surface area contributed by atoms with Gasteiger partial charge in [-0.05, 0) is 54.6 Å². The molecule has 1 aliphatic heterocycles. The molecule has 2 aromatic rings. The Bertz CT molecular complexity index is 695. The fourth-order valence-corrected chi connectivity index (χ4v) is 4.56. The predicted molar refractivity (Wildman–Crippen MR) is 99.3 cm³/mol. The van der Waals surface area contributed by atoms with Gasteiger partial charge in [-0.2, -0.15) is 0 Å². The third-order valence-electron chi connectivity index (χ3n) is 4.53. The molecule has 2 unspecified atom stereocenters. The summed E-state index contributed by atoms with van der Waals surface area (Å²) in [7, 11) is 4.20. The van der Waals surface area contributed by atoms with Crippen molar-refractivity contribution in [2.75, 3.05) is 27.2 Å². The Hall–Kier alpha value is -1.17. The van der Waals surface area contributed by atoms with Gasteiger partial charge < -0.3 is 9.80 Å². The molecular formula is C18H21BrN2OS. The average molecular weight is 393 g/mol. The summed E-state index contributed by atoms with van der Waals surface area (Å²) in [6.45, 7) is 3.66. The van der Waals surface area contributed by atoms with Crippen molar-refractivity contribution in [3.63, 3.8) is 0 Å². The van der Waals surface area contributed by atoms with Crippen LogP contribution in [0.15, 0.2) is 40.2 Å². The molecule has 0 aliphatic carbocycles. The number of amides is 1. The molecular weight excluding hydrogens is 372 g/mol. The molecule has 1 saturated heterocycles. The first-order valence-corrected chi connectivity index (χ1v) is 9.34. The normalized spacial score (nSPS) is 21.2. The lowest BCUT2D eigenvalue weighted by molar-refractivity contribution is 0.0787. The molecule has 1 aromatic carbocycles. The zero-order chi connectivity index (χ0) is 16.6. The van der Waals surface area contributed by atoms with Gasteiger partial charge in [-0.15, -0.1) is 11.3 Å². The van der Waals surface area contributed by atoms with Gasteiger partial charge in [-0.3, -0.25) is 4.79 Å². The highest BCUT2D eigenvalue weighted by molar-refractivity contribution is 9.11. The van der Waals surface area contributed by atoms with E-state index in [1.54, 1.807) is 0 Å². The van der Waals surface area contributed by atoms with E-state index in [0.717, 1.165) is 21.8 Å². The number of benzene rings is 1. The van der Waals surface area contributed by atoms with E-state index in [4.69, 9.17) is 0 Å². The van der Waals surface area contributed by atoms with Gasteiger partial charge in [-0.25, -0.2) is 0 Å². The molecule has 2 heterocycles. The van der Waals surface area contributed by atoms with Gasteiger partial charge in [0.2, 0.25) is 0 Å². The number of hydrogen-bond donors (Lipinski definition) is 0. The average Bonchev–Trinajstić information content (AvgIpc) is 3.14. The van der Waals surface area contributed by atoms with Crippen molar-refractivity contribution in [2.24, 2.45) is 0 Å². The lowest BCUT2D eigenvalue weighted by atomic mass is 9.93. The van der Waals surface area contributed by atoms with Crippen LogP contribution in [0.1, 0.15) is 26.7 Å². The molecule has 1 fully saturated rings. The minimum atomic E-state index is 0.141. The molecule has 3 nitrogen and oxygen atoms in total. The first-order chi connectivity index (χ1) is 11.0. The molecule has 23 heavy (non-hydrogen) atoms. The fourth-order valence-electron chi connectivity index (χ4n) is 3.20. The Kier molecular flexibility index (Phi) is 4.90. The van der Waals surface area contributed by atoms with Gasteiger partial charge in [0.25, 0.3) is 5.91 Å². The number of rotatable bonds is 3. The number of likely N-dealkylation sites (N-methyl/N-ethyl adjacent to an activating group) is 1. The van der Waals surface area contributed by atoms with E-state index in [0.29, 0.717) is 12.0 Å². The van der Waals surface area contributed by atoms with E-state index in [9.17, 15) is 4.79 Å². The van der Waals surface area contributed by atoms with Crippen LogP contribution in [0, 0.1) is 6.92 Å².